The van der Waals surface area contributed by atoms with Crippen molar-refractivity contribution in [2.24, 2.45) is 0 Å². The van der Waals surface area contributed by atoms with Crippen molar-refractivity contribution in [3.63, 3.8) is 0 Å². The van der Waals surface area contributed by atoms with E-state index < -0.39 is 0 Å². The van der Waals surface area contributed by atoms with Gasteiger partial charge in [-0.2, -0.15) is 0 Å². The van der Waals surface area contributed by atoms with E-state index >= 15 is 0 Å². The predicted octanol–water partition coefficient (Wildman–Crippen LogP) is 6.64. The average Bonchev–Trinajstić information content (AvgIpc) is 2.78. The summed E-state index contributed by atoms with van der Waals surface area (Å²) < 4.78 is 5.80. The number of benzene rings is 3. The van der Waals surface area contributed by atoms with Crippen LogP contribution in [0.2, 0.25) is 0 Å². The molecule has 0 atom stereocenters. The third-order valence-electron chi connectivity index (χ3n) is 5.44. The SMILES string of the molecule is CN(CC/C=C/c1ccc(-c2ccccc2)cc1)Cc1ccc2c(c1)OCCC2.Cl. The normalized spacial score (nSPS) is 13.0. The van der Waals surface area contributed by atoms with Crippen LogP contribution in [0.1, 0.15) is 29.5 Å². The van der Waals surface area contributed by atoms with Crippen molar-refractivity contribution in [3.05, 3.63) is 95.6 Å². The molecule has 3 aromatic carbocycles. The maximum absolute atomic E-state index is 5.80. The van der Waals surface area contributed by atoms with Crippen molar-refractivity contribution in [1.29, 1.82) is 0 Å². The molecule has 0 spiro atoms. The second-order valence-electron chi connectivity index (χ2n) is 7.81. The van der Waals surface area contributed by atoms with E-state index in [4.69, 9.17) is 4.74 Å². The summed E-state index contributed by atoms with van der Waals surface area (Å²) in [7, 11) is 2.18. The molecule has 0 bridgehead atoms. The minimum absolute atomic E-state index is 0. The van der Waals surface area contributed by atoms with Crippen LogP contribution in [0.5, 0.6) is 5.75 Å². The van der Waals surface area contributed by atoms with E-state index in [1.807, 2.05) is 0 Å². The molecule has 3 aromatic rings. The lowest BCUT2D eigenvalue weighted by atomic mass is 10.0. The summed E-state index contributed by atoms with van der Waals surface area (Å²) in [6, 6.07) is 26.0. The van der Waals surface area contributed by atoms with E-state index in [2.05, 4.69) is 96.9 Å². The van der Waals surface area contributed by atoms with E-state index in [-0.39, 0.29) is 12.4 Å². The molecule has 0 unspecified atom stereocenters. The summed E-state index contributed by atoms with van der Waals surface area (Å²) in [6.45, 7) is 2.84. The average molecular weight is 420 g/mol. The molecule has 1 aliphatic heterocycles. The topological polar surface area (TPSA) is 12.5 Å². The first kappa shape index (κ1) is 22.1. The zero-order chi connectivity index (χ0) is 19.9. The zero-order valence-corrected chi connectivity index (χ0v) is 18.4. The maximum atomic E-state index is 5.80. The van der Waals surface area contributed by atoms with Gasteiger partial charge in [0.05, 0.1) is 6.61 Å². The van der Waals surface area contributed by atoms with Gasteiger partial charge in [-0.25, -0.2) is 0 Å². The number of hydrogen-bond acceptors (Lipinski definition) is 2. The molecule has 30 heavy (non-hydrogen) atoms. The smallest absolute Gasteiger partial charge is 0.122 e. The molecule has 1 heterocycles. The standard InChI is InChI=1S/C27H29NO.ClH/c1-28(21-23-14-17-26-11-7-19-29-27(26)20-23)18-6-5-8-22-12-15-25(16-13-22)24-9-3-2-4-10-24;/h2-5,8-10,12-17,20H,6-7,11,18-19,21H2,1H3;1H/b8-5+;. The Hall–Kier alpha value is -2.55. The number of ether oxygens (including phenoxy) is 1. The summed E-state index contributed by atoms with van der Waals surface area (Å²) in [5, 5.41) is 0. The van der Waals surface area contributed by atoms with E-state index in [9.17, 15) is 0 Å². The Bertz CT molecular complexity index is 950. The summed E-state index contributed by atoms with van der Waals surface area (Å²) in [5.74, 6) is 1.08. The predicted molar refractivity (Wildman–Crippen MR) is 129 cm³/mol. The molecule has 1 aliphatic rings. The van der Waals surface area contributed by atoms with Crippen LogP contribution in [-0.2, 0) is 13.0 Å². The first-order valence-electron chi connectivity index (χ1n) is 10.5. The van der Waals surface area contributed by atoms with Crippen molar-refractivity contribution in [2.45, 2.75) is 25.8 Å². The summed E-state index contributed by atoms with van der Waals surface area (Å²) in [4.78, 5) is 2.37. The summed E-state index contributed by atoms with van der Waals surface area (Å²) in [5.41, 5.74) is 6.45. The molecule has 156 valence electrons. The second-order valence-corrected chi connectivity index (χ2v) is 7.81. The van der Waals surface area contributed by atoms with Gasteiger partial charge in [0.25, 0.3) is 0 Å². The minimum Gasteiger partial charge on any atom is -0.493 e. The quantitative estimate of drug-likeness (QED) is 0.425. The number of hydrogen-bond donors (Lipinski definition) is 0. The van der Waals surface area contributed by atoms with Crippen LogP contribution in [0.4, 0.5) is 0 Å². The van der Waals surface area contributed by atoms with Gasteiger partial charge in [-0.05, 0) is 60.2 Å². The Kier molecular flexibility index (Phi) is 8.12. The van der Waals surface area contributed by atoms with Crippen LogP contribution in [-0.4, -0.2) is 25.1 Å². The van der Waals surface area contributed by atoms with Crippen molar-refractivity contribution < 1.29 is 4.74 Å². The highest BCUT2D eigenvalue weighted by atomic mass is 35.5. The Balaban J connectivity index is 0.00000256. The van der Waals surface area contributed by atoms with E-state index in [0.29, 0.717) is 0 Å². The third-order valence-corrected chi connectivity index (χ3v) is 5.44. The van der Waals surface area contributed by atoms with Gasteiger partial charge in [0.2, 0.25) is 0 Å². The number of nitrogens with zero attached hydrogens (tertiary/aromatic N) is 1. The van der Waals surface area contributed by atoms with Crippen LogP contribution < -0.4 is 4.74 Å². The largest absolute Gasteiger partial charge is 0.493 e. The molecule has 3 heteroatoms. The molecular formula is C27H30ClNO. The molecule has 0 N–H and O–H groups in total. The fraction of sp³-hybridized carbons (Fsp3) is 0.259. The third kappa shape index (κ3) is 5.98. The highest BCUT2D eigenvalue weighted by Gasteiger charge is 2.11. The summed E-state index contributed by atoms with van der Waals surface area (Å²) >= 11 is 0. The number of halogens is 1. The van der Waals surface area contributed by atoms with Gasteiger partial charge in [-0.3, -0.25) is 0 Å². The Morgan fingerprint density at radius 2 is 1.70 bits per heavy atom. The van der Waals surface area contributed by atoms with Gasteiger partial charge in [0, 0.05) is 13.1 Å². The molecule has 0 saturated carbocycles. The molecule has 2 nitrogen and oxygen atoms in total. The van der Waals surface area contributed by atoms with Crippen molar-refractivity contribution in [3.8, 4) is 16.9 Å². The first-order valence-corrected chi connectivity index (χ1v) is 10.5. The highest BCUT2D eigenvalue weighted by molar-refractivity contribution is 5.85. The van der Waals surface area contributed by atoms with Crippen LogP contribution in [0, 0.1) is 0 Å². The Morgan fingerprint density at radius 1 is 0.933 bits per heavy atom. The Morgan fingerprint density at radius 3 is 2.50 bits per heavy atom. The van der Waals surface area contributed by atoms with Gasteiger partial charge in [-0.1, -0.05) is 78.9 Å². The monoisotopic (exact) mass is 419 g/mol. The molecule has 0 amide bonds. The molecule has 0 fully saturated rings. The van der Waals surface area contributed by atoms with Crippen LogP contribution in [0.15, 0.2) is 78.9 Å². The van der Waals surface area contributed by atoms with Gasteiger partial charge in [0.1, 0.15) is 5.75 Å². The molecule has 0 aliphatic carbocycles. The van der Waals surface area contributed by atoms with E-state index in [0.717, 1.165) is 44.7 Å². The van der Waals surface area contributed by atoms with E-state index in [1.54, 1.807) is 0 Å². The van der Waals surface area contributed by atoms with Gasteiger partial charge < -0.3 is 9.64 Å². The van der Waals surface area contributed by atoms with Gasteiger partial charge in [0.15, 0.2) is 0 Å². The maximum Gasteiger partial charge on any atom is 0.122 e. The summed E-state index contributed by atoms with van der Waals surface area (Å²) in [6.07, 6.45) is 7.80. The Labute approximate surface area is 186 Å². The zero-order valence-electron chi connectivity index (χ0n) is 17.6. The first-order chi connectivity index (χ1) is 14.3. The van der Waals surface area contributed by atoms with Crippen molar-refractivity contribution in [2.75, 3.05) is 20.2 Å². The van der Waals surface area contributed by atoms with Crippen LogP contribution in [0.3, 0.4) is 0 Å². The molecular weight excluding hydrogens is 390 g/mol. The number of fused-ring (bicyclic) bond motifs is 1. The van der Waals surface area contributed by atoms with Crippen LogP contribution in [0.25, 0.3) is 17.2 Å². The van der Waals surface area contributed by atoms with Gasteiger partial charge >= 0.3 is 0 Å². The second kappa shape index (κ2) is 11.0. The molecule has 0 saturated heterocycles. The lowest BCUT2D eigenvalue weighted by molar-refractivity contribution is 0.286. The minimum atomic E-state index is 0. The van der Waals surface area contributed by atoms with Crippen LogP contribution >= 0.6 is 12.4 Å². The van der Waals surface area contributed by atoms with Crippen molar-refractivity contribution >= 4 is 18.5 Å². The lowest BCUT2D eigenvalue weighted by Crippen LogP contribution is -2.19. The fourth-order valence-electron chi connectivity index (χ4n) is 3.81. The highest BCUT2D eigenvalue weighted by Crippen LogP contribution is 2.26. The van der Waals surface area contributed by atoms with Gasteiger partial charge in [-0.15, -0.1) is 12.4 Å². The fourth-order valence-corrected chi connectivity index (χ4v) is 3.81. The molecule has 0 radical (unpaired) electrons. The van der Waals surface area contributed by atoms with Crippen molar-refractivity contribution in [1.82, 2.24) is 4.90 Å². The van der Waals surface area contributed by atoms with E-state index in [1.165, 1.54) is 27.8 Å². The number of rotatable bonds is 7. The number of aryl methyl sites for hydroxylation is 1. The molecule has 4 rings (SSSR count). The molecule has 0 aromatic heterocycles. The lowest BCUT2D eigenvalue weighted by Gasteiger charge is -2.20.